The molecule has 8 nitrogen and oxygen atoms in total. The summed E-state index contributed by atoms with van der Waals surface area (Å²) in [4.78, 5) is 23.2. The average Bonchev–Trinajstić information content (AvgIpc) is 2.85. The third-order valence-electron chi connectivity index (χ3n) is 5.44. The molecule has 2 aromatic heterocycles. The van der Waals surface area contributed by atoms with Crippen LogP contribution in [0.1, 0.15) is 11.1 Å². The molecule has 38 heavy (non-hydrogen) atoms. The van der Waals surface area contributed by atoms with Gasteiger partial charge in [0.2, 0.25) is 0 Å². The van der Waals surface area contributed by atoms with Crippen molar-refractivity contribution in [2.75, 3.05) is 35.2 Å². The van der Waals surface area contributed by atoms with Gasteiger partial charge in [-0.05, 0) is 73.7 Å². The van der Waals surface area contributed by atoms with Crippen molar-refractivity contribution >= 4 is 89.6 Å². The fraction of sp³-hybridized carbons (Fsp3) is 0.231. The zero-order valence-corrected chi connectivity index (χ0v) is 24.0. The van der Waals surface area contributed by atoms with Gasteiger partial charge in [-0.15, -0.1) is 0 Å². The van der Waals surface area contributed by atoms with Gasteiger partial charge in [0.15, 0.2) is 10.2 Å². The van der Waals surface area contributed by atoms with E-state index in [2.05, 4.69) is 21.3 Å². The van der Waals surface area contributed by atoms with Gasteiger partial charge in [0.05, 0.1) is 0 Å². The molecule has 0 unspecified atom stereocenters. The average molecular weight is 587 g/mol. The molecule has 0 fully saturated rings. The Morgan fingerprint density at radius 3 is 1.55 bits per heavy atom. The summed E-state index contributed by atoms with van der Waals surface area (Å²) < 4.78 is 10.6. The maximum Gasteiger partial charge on any atom is 0.336 e. The highest BCUT2D eigenvalue weighted by Gasteiger charge is 2.06. The molecule has 0 aliphatic carbocycles. The molecule has 0 spiro atoms. The molecule has 0 bridgehead atoms. The Morgan fingerprint density at radius 1 is 0.711 bits per heavy atom. The number of aryl methyl sites for hydroxylation is 2. The summed E-state index contributed by atoms with van der Waals surface area (Å²) in [5.74, 6) is 1.73. The number of benzene rings is 2. The van der Waals surface area contributed by atoms with E-state index in [9.17, 15) is 9.59 Å². The molecule has 2 heterocycles. The van der Waals surface area contributed by atoms with E-state index < -0.39 is 0 Å². The van der Waals surface area contributed by atoms with Crippen LogP contribution in [0.5, 0.6) is 0 Å². The molecule has 198 valence electrons. The summed E-state index contributed by atoms with van der Waals surface area (Å²) in [6.45, 7) is 5.17. The lowest BCUT2D eigenvalue weighted by molar-refractivity contribution is 0.559. The molecule has 0 atom stereocenters. The molecule has 4 N–H and O–H groups in total. The van der Waals surface area contributed by atoms with E-state index in [-0.39, 0.29) is 11.3 Å². The summed E-state index contributed by atoms with van der Waals surface area (Å²) in [5, 5.41) is 15.4. The first-order valence-corrected chi connectivity index (χ1v) is 15.0. The number of rotatable bonds is 9. The van der Waals surface area contributed by atoms with Crippen LogP contribution in [-0.2, 0) is 0 Å². The molecule has 4 aromatic rings. The monoisotopic (exact) mass is 586 g/mol. The molecular formula is C26H26N4O4S4. The molecule has 0 amide bonds. The van der Waals surface area contributed by atoms with Gasteiger partial charge in [-0.2, -0.15) is 0 Å². The number of anilines is 2. The van der Waals surface area contributed by atoms with Gasteiger partial charge < -0.3 is 30.1 Å². The van der Waals surface area contributed by atoms with E-state index >= 15 is 0 Å². The van der Waals surface area contributed by atoms with Gasteiger partial charge in [-0.3, -0.25) is 0 Å². The van der Waals surface area contributed by atoms with Crippen molar-refractivity contribution in [2.24, 2.45) is 0 Å². The number of thiocarbonyl (C=S) groups is 2. The Bertz CT molecular complexity index is 1480. The van der Waals surface area contributed by atoms with E-state index in [4.69, 9.17) is 33.3 Å². The summed E-state index contributed by atoms with van der Waals surface area (Å²) in [6.07, 6.45) is 0. The van der Waals surface area contributed by atoms with Crippen molar-refractivity contribution in [2.45, 2.75) is 13.8 Å². The fourth-order valence-corrected chi connectivity index (χ4v) is 5.94. The maximum atomic E-state index is 11.6. The lowest BCUT2D eigenvalue weighted by Crippen LogP contribution is -2.30. The SMILES string of the molecule is Cc1cc(=O)oc2cc(NC(=S)NCCSSCCNC(=S)Nc3ccc4c(C)cc(=O)oc4c3)ccc12. The summed E-state index contributed by atoms with van der Waals surface area (Å²) >= 11 is 10.7. The van der Waals surface area contributed by atoms with E-state index in [1.165, 1.54) is 12.1 Å². The molecule has 0 aliphatic rings. The molecule has 0 saturated carbocycles. The normalized spacial score (nSPS) is 10.9. The van der Waals surface area contributed by atoms with Crippen LogP contribution in [0.3, 0.4) is 0 Å². The minimum Gasteiger partial charge on any atom is -0.423 e. The fourth-order valence-electron chi connectivity index (χ4n) is 3.69. The van der Waals surface area contributed by atoms with Crippen molar-refractivity contribution in [1.82, 2.24) is 10.6 Å². The van der Waals surface area contributed by atoms with E-state index in [1.54, 1.807) is 33.7 Å². The standard InChI is InChI=1S/C26H26N4O4S4/c1-15-11-23(31)33-21-13-17(3-5-19(15)21)29-25(35)27-7-9-37-38-10-8-28-26(36)30-18-4-6-20-16(2)12-24(32)34-22(20)14-18/h3-6,11-14H,7-10H2,1-2H3,(H2,27,29,35)(H2,28,30,36). The van der Waals surface area contributed by atoms with Crippen LogP contribution in [0.15, 0.2) is 67.0 Å². The zero-order valence-electron chi connectivity index (χ0n) is 20.7. The Balaban J connectivity index is 1.10. The number of nitrogens with one attached hydrogen (secondary N) is 4. The van der Waals surface area contributed by atoms with Gasteiger partial charge in [0.25, 0.3) is 0 Å². The van der Waals surface area contributed by atoms with Crippen LogP contribution < -0.4 is 32.5 Å². The van der Waals surface area contributed by atoms with Gasteiger partial charge in [0, 0.05) is 71.0 Å². The molecule has 0 radical (unpaired) electrons. The van der Waals surface area contributed by atoms with Crippen LogP contribution in [-0.4, -0.2) is 34.8 Å². The lowest BCUT2D eigenvalue weighted by atomic mass is 10.1. The quantitative estimate of drug-likeness (QED) is 0.0899. The Labute approximate surface area is 237 Å². The molecule has 2 aromatic carbocycles. The van der Waals surface area contributed by atoms with Gasteiger partial charge >= 0.3 is 11.3 Å². The van der Waals surface area contributed by atoms with Crippen molar-refractivity contribution < 1.29 is 8.83 Å². The second-order valence-electron chi connectivity index (χ2n) is 8.32. The molecular weight excluding hydrogens is 561 g/mol. The smallest absolute Gasteiger partial charge is 0.336 e. The Morgan fingerprint density at radius 2 is 1.13 bits per heavy atom. The third kappa shape index (κ3) is 7.73. The first kappa shape index (κ1) is 28.0. The highest BCUT2D eigenvalue weighted by Crippen LogP contribution is 2.22. The minimum absolute atomic E-state index is 0.369. The minimum atomic E-state index is -0.369. The summed E-state index contributed by atoms with van der Waals surface area (Å²) in [6, 6.07) is 14.1. The highest BCUT2D eigenvalue weighted by atomic mass is 33.1. The molecule has 0 saturated heterocycles. The largest absolute Gasteiger partial charge is 0.423 e. The van der Waals surface area contributed by atoms with Crippen molar-refractivity contribution in [3.05, 3.63) is 80.5 Å². The van der Waals surface area contributed by atoms with Crippen LogP contribution in [0.2, 0.25) is 0 Å². The second-order valence-corrected chi connectivity index (χ2v) is 11.8. The van der Waals surface area contributed by atoms with Crippen LogP contribution in [0, 0.1) is 13.8 Å². The van der Waals surface area contributed by atoms with Crippen LogP contribution in [0.4, 0.5) is 11.4 Å². The Hall–Kier alpha value is -3.06. The topological polar surface area (TPSA) is 109 Å². The van der Waals surface area contributed by atoms with E-state index in [0.717, 1.165) is 44.8 Å². The number of hydrogen-bond acceptors (Lipinski definition) is 8. The Kier molecular flexibility index (Phi) is 9.67. The van der Waals surface area contributed by atoms with Crippen molar-refractivity contribution in [3.8, 4) is 0 Å². The summed E-state index contributed by atoms with van der Waals surface area (Å²) in [5.41, 5.74) is 3.58. The highest BCUT2D eigenvalue weighted by molar-refractivity contribution is 8.76. The van der Waals surface area contributed by atoms with Gasteiger partial charge in [0.1, 0.15) is 11.2 Å². The predicted octanol–water partition coefficient (Wildman–Crippen LogP) is 5.17. The number of fused-ring (bicyclic) bond motifs is 2. The zero-order chi connectivity index (χ0) is 27.1. The van der Waals surface area contributed by atoms with Crippen LogP contribution in [0.25, 0.3) is 21.9 Å². The summed E-state index contributed by atoms with van der Waals surface area (Å²) in [7, 11) is 3.48. The maximum absolute atomic E-state index is 11.6. The van der Waals surface area contributed by atoms with Crippen molar-refractivity contribution in [1.29, 1.82) is 0 Å². The first-order valence-electron chi connectivity index (χ1n) is 11.7. The van der Waals surface area contributed by atoms with Gasteiger partial charge in [-0.1, -0.05) is 21.6 Å². The van der Waals surface area contributed by atoms with E-state index in [0.29, 0.717) is 34.5 Å². The number of hydrogen-bond donors (Lipinski definition) is 4. The molecule has 0 aliphatic heterocycles. The van der Waals surface area contributed by atoms with Crippen LogP contribution >= 0.6 is 46.0 Å². The van der Waals surface area contributed by atoms with Gasteiger partial charge in [-0.25, -0.2) is 9.59 Å². The lowest BCUT2D eigenvalue weighted by Gasteiger charge is -2.12. The second kappa shape index (κ2) is 13.1. The molecule has 12 heteroatoms. The van der Waals surface area contributed by atoms with Crippen molar-refractivity contribution in [3.63, 3.8) is 0 Å². The predicted molar refractivity (Wildman–Crippen MR) is 168 cm³/mol. The third-order valence-corrected chi connectivity index (χ3v) is 8.34. The first-order chi connectivity index (χ1) is 18.3. The molecule has 4 rings (SSSR count). The van der Waals surface area contributed by atoms with E-state index in [1.807, 2.05) is 38.1 Å².